The topological polar surface area (TPSA) is 4.93 Å². The molecule has 0 saturated carbocycles. The molecule has 0 fully saturated rings. The van der Waals surface area contributed by atoms with Gasteiger partial charge in [-0.05, 0) is 24.3 Å². The Labute approximate surface area is 120 Å². The second kappa shape index (κ2) is 3.68. The zero-order valence-electron chi connectivity index (χ0n) is 10.7. The van der Waals surface area contributed by atoms with Gasteiger partial charge in [0.1, 0.15) is 0 Å². The van der Waals surface area contributed by atoms with E-state index in [-0.39, 0.29) is 0 Å². The third-order valence-corrected chi connectivity index (χ3v) is 5.10. The molecule has 0 N–H and O–H groups in total. The molecule has 0 bridgehead atoms. The van der Waals surface area contributed by atoms with Crippen LogP contribution < -0.4 is 0 Å². The van der Waals surface area contributed by atoms with Crippen LogP contribution in [-0.2, 0) is 0 Å². The van der Waals surface area contributed by atoms with Gasteiger partial charge >= 0.3 is 0 Å². The molecule has 1 aliphatic heterocycles. The third kappa shape index (κ3) is 1.20. The maximum Gasteiger partial charge on any atom is 0.0681 e. The van der Waals surface area contributed by atoms with Gasteiger partial charge in [0.05, 0.1) is 16.7 Å². The molecule has 3 aromatic carbocycles. The van der Waals surface area contributed by atoms with Crippen molar-refractivity contribution in [2.75, 3.05) is 0 Å². The molecular formula is C18H11NS. The van der Waals surface area contributed by atoms with E-state index in [0.717, 1.165) is 0 Å². The number of hydrogen-bond acceptors (Lipinski definition) is 1. The second-order valence-electron chi connectivity index (χ2n) is 5.07. The Hall–Kier alpha value is -2.19. The lowest BCUT2D eigenvalue weighted by molar-refractivity contribution is 1.09. The molecule has 94 valence electrons. The van der Waals surface area contributed by atoms with Crippen LogP contribution >= 0.6 is 11.8 Å². The van der Waals surface area contributed by atoms with Crippen LogP contribution in [0.4, 0.5) is 0 Å². The fourth-order valence-electron chi connectivity index (χ4n) is 3.17. The van der Waals surface area contributed by atoms with Crippen LogP contribution in [0.25, 0.3) is 27.5 Å². The lowest BCUT2D eigenvalue weighted by atomic mass is 10.1. The largest absolute Gasteiger partial charge is 0.307 e. The predicted octanol–water partition coefficient (Wildman–Crippen LogP) is 5.25. The summed E-state index contributed by atoms with van der Waals surface area (Å²) in [7, 11) is 0. The van der Waals surface area contributed by atoms with Crippen LogP contribution in [0.1, 0.15) is 0 Å². The van der Waals surface area contributed by atoms with Crippen LogP contribution in [-0.4, -0.2) is 4.57 Å². The van der Waals surface area contributed by atoms with E-state index in [4.69, 9.17) is 0 Å². The van der Waals surface area contributed by atoms with Gasteiger partial charge in [-0.15, -0.1) is 0 Å². The van der Waals surface area contributed by atoms with E-state index < -0.39 is 0 Å². The first-order valence-electron chi connectivity index (χ1n) is 6.73. The van der Waals surface area contributed by atoms with Gasteiger partial charge < -0.3 is 4.57 Å². The number of nitrogens with zero attached hydrogens (tertiary/aromatic N) is 1. The van der Waals surface area contributed by atoms with Crippen molar-refractivity contribution in [3.8, 4) is 5.69 Å². The predicted molar refractivity (Wildman–Crippen MR) is 84.9 cm³/mol. The third-order valence-electron chi connectivity index (χ3n) is 3.98. The average molecular weight is 273 g/mol. The maximum absolute atomic E-state index is 2.41. The number of benzene rings is 3. The summed E-state index contributed by atoms with van der Waals surface area (Å²) in [5.74, 6) is 0. The molecule has 0 saturated heterocycles. The molecule has 20 heavy (non-hydrogen) atoms. The molecule has 2 heteroatoms. The van der Waals surface area contributed by atoms with Crippen LogP contribution in [0, 0.1) is 0 Å². The lowest BCUT2D eigenvalue weighted by Crippen LogP contribution is -2.00. The normalized spacial score (nSPS) is 12.8. The van der Waals surface area contributed by atoms with Crippen molar-refractivity contribution in [1.82, 2.24) is 4.57 Å². The monoisotopic (exact) mass is 273 g/mol. The van der Waals surface area contributed by atoms with E-state index in [1.165, 1.54) is 37.3 Å². The fraction of sp³-hybridized carbons (Fsp3) is 0. The Balaban J connectivity index is 2.12. The van der Waals surface area contributed by atoms with E-state index in [9.17, 15) is 0 Å². The summed E-state index contributed by atoms with van der Waals surface area (Å²) in [5, 5.41) is 2.68. The molecule has 1 aromatic heterocycles. The Morgan fingerprint density at radius 2 is 1.40 bits per heavy atom. The van der Waals surface area contributed by atoms with Gasteiger partial charge in [-0.2, -0.15) is 0 Å². The number of rotatable bonds is 0. The number of fused-ring (bicyclic) bond motifs is 5. The smallest absolute Gasteiger partial charge is 0.0681 e. The summed E-state index contributed by atoms with van der Waals surface area (Å²) in [6.45, 7) is 0. The molecule has 5 rings (SSSR count). The minimum absolute atomic E-state index is 1.29. The highest BCUT2D eigenvalue weighted by Gasteiger charge is 2.21. The van der Waals surface area contributed by atoms with Gasteiger partial charge in [-0.25, -0.2) is 0 Å². The van der Waals surface area contributed by atoms with Crippen molar-refractivity contribution in [3.05, 3.63) is 66.7 Å². The van der Waals surface area contributed by atoms with Gasteiger partial charge in [-0.3, -0.25) is 0 Å². The van der Waals surface area contributed by atoms with Gasteiger partial charge in [0.2, 0.25) is 0 Å². The molecule has 0 unspecified atom stereocenters. The van der Waals surface area contributed by atoms with Gasteiger partial charge in [-0.1, -0.05) is 54.2 Å². The van der Waals surface area contributed by atoms with Crippen molar-refractivity contribution in [1.29, 1.82) is 0 Å². The zero-order chi connectivity index (χ0) is 13.1. The van der Waals surface area contributed by atoms with Crippen LogP contribution in [0.15, 0.2) is 76.5 Å². The first-order chi connectivity index (χ1) is 9.93. The van der Waals surface area contributed by atoms with Crippen LogP contribution in [0.2, 0.25) is 0 Å². The van der Waals surface area contributed by atoms with Gasteiger partial charge in [0.25, 0.3) is 0 Å². The summed E-state index contributed by atoms with van der Waals surface area (Å²) >= 11 is 1.87. The molecule has 2 heterocycles. The minimum atomic E-state index is 1.29. The van der Waals surface area contributed by atoms with Crippen molar-refractivity contribution in [3.63, 3.8) is 0 Å². The summed E-state index contributed by atoms with van der Waals surface area (Å²) in [6.07, 6.45) is 0. The molecule has 0 amide bonds. The van der Waals surface area contributed by atoms with Crippen molar-refractivity contribution < 1.29 is 0 Å². The fourth-order valence-corrected chi connectivity index (χ4v) is 4.26. The maximum atomic E-state index is 2.41. The molecule has 0 radical (unpaired) electrons. The molecule has 0 spiro atoms. The SMILES string of the molecule is c1ccc2c(c1)Sc1cccc3c4ccccc4n-2c13. The van der Waals surface area contributed by atoms with E-state index in [1.807, 2.05) is 11.8 Å². The van der Waals surface area contributed by atoms with E-state index in [1.54, 1.807) is 0 Å². The Morgan fingerprint density at radius 1 is 0.650 bits per heavy atom. The minimum Gasteiger partial charge on any atom is -0.307 e. The van der Waals surface area contributed by atoms with Crippen LogP contribution in [0.3, 0.4) is 0 Å². The van der Waals surface area contributed by atoms with Crippen molar-refractivity contribution in [2.24, 2.45) is 0 Å². The first-order valence-corrected chi connectivity index (χ1v) is 7.54. The zero-order valence-corrected chi connectivity index (χ0v) is 11.5. The van der Waals surface area contributed by atoms with Gasteiger partial charge in [0, 0.05) is 20.6 Å². The quantitative estimate of drug-likeness (QED) is 0.373. The Kier molecular flexibility index (Phi) is 1.94. The summed E-state index contributed by atoms with van der Waals surface area (Å²) in [5.41, 5.74) is 3.93. The molecule has 4 aromatic rings. The Bertz CT molecular complexity index is 981. The van der Waals surface area contributed by atoms with Crippen LogP contribution in [0.5, 0.6) is 0 Å². The number of para-hydroxylation sites is 3. The molecule has 1 nitrogen and oxygen atoms in total. The van der Waals surface area contributed by atoms with E-state index in [2.05, 4.69) is 71.3 Å². The summed E-state index contributed by atoms with van der Waals surface area (Å²) < 4.78 is 2.41. The molecule has 1 aliphatic rings. The molecule has 0 aliphatic carbocycles. The highest BCUT2D eigenvalue weighted by Crippen LogP contribution is 2.46. The van der Waals surface area contributed by atoms with Crippen molar-refractivity contribution >= 4 is 33.6 Å². The highest BCUT2D eigenvalue weighted by atomic mass is 32.2. The van der Waals surface area contributed by atoms with E-state index >= 15 is 0 Å². The second-order valence-corrected chi connectivity index (χ2v) is 6.16. The van der Waals surface area contributed by atoms with E-state index in [0.29, 0.717) is 0 Å². The molecular weight excluding hydrogens is 262 g/mol. The standard InChI is InChI=1S/C18H11NS/c1-2-8-14-12(6-1)13-7-5-11-17-18(13)19(14)15-9-3-4-10-16(15)20-17/h1-11H. The first kappa shape index (κ1) is 10.6. The lowest BCUT2D eigenvalue weighted by Gasteiger charge is -2.19. The summed E-state index contributed by atoms with van der Waals surface area (Å²) in [4.78, 5) is 2.67. The number of aromatic nitrogens is 1. The average Bonchev–Trinajstić information content (AvgIpc) is 2.85. The molecule has 0 atom stereocenters. The number of hydrogen-bond donors (Lipinski definition) is 0. The van der Waals surface area contributed by atoms with Crippen molar-refractivity contribution in [2.45, 2.75) is 9.79 Å². The van der Waals surface area contributed by atoms with Gasteiger partial charge in [0.15, 0.2) is 0 Å². The summed E-state index contributed by atoms with van der Waals surface area (Å²) in [6, 6.07) is 23.9. The Morgan fingerprint density at radius 3 is 2.40 bits per heavy atom. The highest BCUT2D eigenvalue weighted by molar-refractivity contribution is 7.99.